The molecule has 1 atom stereocenters. The van der Waals surface area contributed by atoms with Gasteiger partial charge in [0.2, 0.25) is 5.88 Å². The van der Waals surface area contributed by atoms with E-state index in [2.05, 4.69) is 10.3 Å². The molecule has 1 aromatic carbocycles. The number of nitrogens with one attached hydrogen (secondary N) is 1. The smallest absolute Gasteiger partial charge is 0.326 e. The first-order chi connectivity index (χ1) is 11.5. The zero-order chi connectivity index (χ0) is 17.5. The second kappa shape index (κ2) is 8.10. The van der Waals surface area contributed by atoms with Crippen LogP contribution in [0.3, 0.4) is 0 Å². The molecule has 0 aliphatic rings. The van der Waals surface area contributed by atoms with E-state index < -0.39 is 17.9 Å². The average Bonchev–Trinajstić information content (AvgIpc) is 2.54. The van der Waals surface area contributed by atoms with E-state index >= 15 is 0 Å². The maximum absolute atomic E-state index is 12.3. The number of hydrogen-bond acceptors (Lipinski definition) is 4. The highest BCUT2D eigenvalue weighted by Crippen LogP contribution is 2.10. The molecule has 0 fully saturated rings. The van der Waals surface area contributed by atoms with E-state index in [4.69, 9.17) is 4.74 Å². The van der Waals surface area contributed by atoms with Gasteiger partial charge in [-0.2, -0.15) is 0 Å². The summed E-state index contributed by atoms with van der Waals surface area (Å²) < 4.78 is 5.45. The Labute approximate surface area is 140 Å². The molecule has 2 N–H and O–H groups in total. The van der Waals surface area contributed by atoms with Crippen molar-refractivity contribution in [2.75, 3.05) is 0 Å². The molecule has 0 saturated carbocycles. The lowest BCUT2D eigenvalue weighted by atomic mass is 10.1. The van der Waals surface area contributed by atoms with Crippen molar-refractivity contribution in [1.29, 1.82) is 0 Å². The number of rotatable bonds is 7. The van der Waals surface area contributed by atoms with E-state index in [1.807, 2.05) is 44.2 Å². The summed E-state index contributed by atoms with van der Waals surface area (Å²) in [6.07, 6.45) is 0.130. The van der Waals surface area contributed by atoms with Gasteiger partial charge < -0.3 is 15.2 Å². The van der Waals surface area contributed by atoms with Crippen LogP contribution in [0.15, 0.2) is 48.5 Å². The number of carbonyl (C=O) groups excluding carboxylic acids is 1. The van der Waals surface area contributed by atoms with Crippen molar-refractivity contribution in [1.82, 2.24) is 10.3 Å². The highest BCUT2D eigenvalue weighted by molar-refractivity contribution is 5.95. The molecule has 1 aromatic heterocycles. The van der Waals surface area contributed by atoms with Crippen molar-refractivity contribution < 1.29 is 19.4 Å². The Morgan fingerprint density at radius 1 is 1.12 bits per heavy atom. The number of aliphatic carboxylic acids is 1. The lowest BCUT2D eigenvalue weighted by Crippen LogP contribution is -2.42. The normalized spacial score (nSPS) is 11.8. The summed E-state index contributed by atoms with van der Waals surface area (Å²) in [5.41, 5.74) is 0.947. The SMILES string of the molecule is CC(C)Oc1cccc(C(=O)NC(Cc2ccccc2)C(=O)O)n1. The minimum atomic E-state index is -1.10. The van der Waals surface area contributed by atoms with Crippen molar-refractivity contribution in [3.05, 3.63) is 59.8 Å². The van der Waals surface area contributed by atoms with Gasteiger partial charge in [-0.15, -0.1) is 0 Å². The fourth-order valence-corrected chi connectivity index (χ4v) is 2.13. The second-order valence-electron chi connectivity index (χ2n) is 5.58. The van der Waals surface area contributed by atoms with Crippen LogP contribution in [0.25, 0.3) is 0 Å². The monoisotopic (exact) mass is 328 g/mol. The molecule has 24 heavy (non-hydrogen) atoms. The summed E-state index contributed by atoms with van der Waals surface area (Å²) in [6, 6.07) is 12.9. The number of benzene rings is 1. The predicted octanol–water partition coefficient (Wildman–Crippen LogP) is 2.29. The van der Waals surface area contributed by atoms with Gasteiger partial charge in [-0.05, 0) is 25.5 Å². The average molecular weight is 328 g/mol. The maximum atomic E-state index is 12.3. The van der Waals surface area contributed by atoms with Crippen molar-refractivity contribution in [2.45, 2.75) is 32.4 Å². The van der Waals surface area contributed by atoms with Gasteiger partial charge in [0, 0.05) is 12.5 Å². The minimum absolute atomic E-state index is 0.0688. The molecule has 1 amide bonds. The number of pyridine rings is 1. The quantitative estimate of drug-likeness (QED) is 0.814. The topological polar surface area (TPSA) is 88.5 Å². The van der Waals surface area contributed by atoms with Crippen LogP contribution in [-0.4, -0.2) is 34.1 Å². The molecule has 0 saturated heterocycles. The van der Waals surface area contributed by atoms with Gasteiger partial charge >= 0.3 is 5.97 Å². The molecule has 0 aliphatic heterocycles. The number of ether oxygens (including phenoxy) is 1. The number of carbonyl (C=O) groups is 2. The van der Waals surface area contributed by atoms with Crippen molar-refractivity contribution in [3.63, 3.8) is 0 Å². The summed E-state index contributed by atoms with van der Waals surface area (Å²) in [5, 5.41) is 11.8. The maximum Gasteiger partial charge on any atom is 0.326 e. The van der Waals surface area contributed by atoms with E-state index in [9.17, 15) is 14.7 Å². The van der Waals surface area contributed by atoms with E-state index in [-0.39, 0.29) is 18.2 Å². The molecule has 126 valence electrons. The lowest BCUT2D eigenvalue weighted by Gasteiger charge is -2.15. The fourth-order valence-electron chi connectivity index (χ4n) is 2.13. The number of carboxylic acids is 1. The van der Waals surface area contributed by atoms with E-state index in [1.54, 1.807) is 12.1 Å². The molecule has 1 unspecified atom stereocenters. The zero-order valence-corrected chi connectivity index (χ0v) is 13.6. The predicted molar refractivity (Wildman–Crippen MR) is 89.0 cm³/mol. The molecule has 2 rings (SSSR count). The molecular weight excluding hydrogens is 308 g/mol. The third-order valence-corrected chi connectivity index (χ3v) is 3.20. The molecule has 6 nitrogen and oxygen atoms in total. The fraction of sp³-hybridized carbons (Fsp3) is 0.278. The number of carboxylic acid groups (broad SMARTS) is 1. The van der Waals surface area contributed by atoms with Gasteiger partial charge in [-0.3, -0.25) is 4.79 Å². The van der Waals surface area contributed by atoms with E-state index in [1.165, 1.54) is 6.07 Å². The zero-order valence-electron chi connectivity index (χ0n) is 13.6. The highest BCUT2D eigenvalue weighted by Gasteiger charge is 2.22. The van der Waals surface area contributed by atoms with Crippen molar-refractivity contribution in [3.8, 4) is 5.88 Å². The van der Waals surface area contributed by atoms with Crippen LogP contribution in [0.1, 0.15) is 29.9 Å². The minimum Gasteiger partial charge on any atom is -0.480 e. The van der Waals surface area contributed by atoms with Gasteiger partial charge in [-0.1, -0.05) is 36.4 Å². The summed E-state index contributed by atoms with van der Waals surface area (Å²) in [7, 11) is 0. The van der Waals surface area contributed by atoms with Crippen LogP contribution in [0, 0.1) is 0 Å². The Morgan fingerprint density at radius 3 is 2.46 bits per heavy atom. The van der Waals surface area contributed by atoms with Gasteiger partial charge in [0.05, 0.1) is 6.10 Å². The number of nitrogens with zero attached hydrogens (tertiary/aromatic N) is 1. The van der Waals surface area contributed by atoms with Gasteiger partial charge in [-0.25, -0.2) is 9.78 Å². The molecule has 0 bridgehead atoms. The van der Waals surface area contributed by atoms with Crippen LogP contribution < -0.4 is 10.1 Å². The first kappa shape index (κ1) is 17.5. The summed E-state index contributed by atoms with van der Waals surface area (Å²) in [5.74, 6) is -1.32. The Hall–Kier alpha value is -2.89. The summed E-state index contributed by atoms with van der Waals surface area (Å²) in [6.45, 7) is 3.71. The first-order valence-electron chi connectivity index (χ1n) is 7.67. The molecule has 2 aromatic rings. The molecule has 1 heterocycles. The highest BCUT2D eigenvalue weighted by atomic mass is 16.5. The molecule has 0 spiro atoms. The first-order valence-corrected chi connectivity index (χ1v) is 7.67. The third kappa shape index (κ3) is 5.08. The van der Waals surface area contributed by atoms with Gasteiger partial charge in [0.1, 0.15) is 11.7 Å². The molecular formula is C18H20N2O4. The van der Waals surface area contributed by atoms with Gasteiger partial charge in [0.15, 0.2) is 0 Å². The van der Waals surface area contributed by atoms with Crippen LogP contribution in [-0.2, 0) is 11.2 Å². The third-order valence-electron chi connectivity index (χ3n) is 3.20. The lowest BCUT2D eigenvalue weighted by molar-refractivity contribution is -0.139. The van der Waals surface area contributed by atoms with Crippen molar-refractivity contribution in [2.24, 2.45) is 0 Å². The molecule has 6 heteroatoms. The Morgan fingerprint density at radius 2 is 1.83 bits per heavy atom. The van der Waals surface area contributed by atoms with Gasteiger partial charge in [0.25, 0.3) is 5.91 Å². The largest absolute Gasteiger partial charge is 0.480 e. The molecule has 0 aliphatic carbocycles. The number of amides is 1. The van der Waals surface area contributed by atoms with E-state index in [0.29, 0.717) is 5.88 Å². The van der Waals surface area contributed by atoms with Crippen LogP contribution in [0.4, 0.5) is 0 Å². The number of aromatic nitrogens is 1. The Balaban J connectivity index is 2.09. The van der Waals surface area contributed by atoms with Crippen LogP contribution >= 0.6 is 0 Å². The van der Waals surface area contributed by atoms with Crippen molar-refractivity contribution >= 4 is 11.9 Å². The summed E-state index contributed by atoms with van der Waals surface area (Å²) in [4.78, 5) is 27.8. The summed E-state index contributed by atoms with van der Waals surface area (Å²) >= 11 is 0. The van der Waals surface area contributed by atoms with Crippen LogP contribution in [0.5, 0.6) is 5.88 Å². The standard InChI is InChI=1S/C18H20N2O4/c1-12(2)24-16-10-6-9-14(19-16)17(21)20-15(18(22)23)11-13-7-4-3-5-8-13/h3-10,12,15H,11H2,1-2H3,(H,20,21)(H,22,23). The Bertz CT molecular complexity index is 701. The Kier molecular flexibility index (Phi) is 5.89. The second-order valence-corrected chi connectivity index (χ2v) is 5.58. The van der Waals surface area contributed by atoms with E-state index in [0.717, 1.165) is 5.56 Å². The van der Waals surface area contributed by atoms with Crippen LogP contribution in [0.2, 0.25) is 0 Å². The number of hydrogen-bond donors (Lipinski definition) is 2. The molecule has 0 radical (unpaired) electrons.